The van der Waals surface area contributed by atoms with Gasteiger partial charge in [-0.25, -0.2) is 8.78 Å². The molecule has 0 aromatic heterocycles. The summed E-state index contributed by atoms with van der Waals surface area (Å²) in [6.07, 6.45) is 1.98. The van der Waals surface area contributed by atoms with Crippen LogP contribution in [0.4, 0.5) is 8.78 Å². The lowest BCUT2D eigenvalue weighted by atomic mass is 9.94. The molecule has 1 aromatic carbocycles. The molecule has 1 unspecified atom stereocenters. The number of aliphatic hydroxyl groups is 1. The number of benzene rings is 1. The topological polar surface area (TPSA) is 41.5 Å². The van der Waals surface area contributed by atoms with Gasteiger partial charge in [-0.1, -0.05) is 19.9 Å². The number of halogens is 2. The Morgan fingerprint density at radius 3 is 2.40 bits per heavy atom. The summed E-state index contributed by atoms with van der Waals surface area (Å²) in [4.78, 5) is 0. The van der Waals surface area contributed by atoms with E-state index in [4.69, 9.17) is 4.74 Å². The Hall–Kier alpha value is -1.20. The number of ether oxygens (including phenoxy) is 1. The molecule has 0 saturated heterocycles. The minimum absolute atomic E-state index is 0.0458. The van der Waals surface area contributed by atoms with Crippen molar-refractivity contribution >= 4 is 0 Å². The van der Waals surface area contributed by atoms with E-state index in [0.29, 0.717) is 0 Å². The summed E-state index contributed by atoms with van der Waals surface area (Å²) in [5.41, 5.74) is -0.636. The van der Waals surface area contributed by atoms with Crippen molar-refractivity contribution in [1.82, 2.24) is 5.32 Å². The van der Waals surface area contributed by atoms with Gasteiger partial charge in [-0.05, 0) is 30.9 Å². The van der Waals surface area contributed by atoms with Crippen LogP contribution < -0.4 is 10.1 Å². The minimum Gasteiger partial charge on any atom is -0.486 e. The molecule has 1 aliphatic carbocycles. The Bertz CT molecular complexity index is 443. The normalized spacial score (nSPS) is 18.1. The average molecular weight is 285 g/mol. The highest BCUT2D eigenvalue weighted by molar-refractivity contribution is 5.26. The first-order valence-electron chi connectivity index (χ1n) is 6.94. The summed E-state index contributed by atoms with van der Waals surface area (Å²) in [7, 11) is 0. The lowest BCUT2D eigenvalue weighted by Gasteiger charge is -2.35. The summed E-state index contributed by atoms with van der Waals surface area (Å²) in [6, 6.07) is 3.76. The van der Waals surface area contributed by atoms with Gasteiger partial charge in [0.25, 0.3) is 0 Å². The molecule has 0 aliphatic heterocycles. The third kappa shape index (κ3) is 3.27. The summed E-state index contributed by atoms with van der Waals surface area (Å²) < 4.78 is 32.5. The summed E-state index contributed by atoms with van der Waals surface area (Å²) in [5, 5.41) is 13.0. The van der Waals surface area contributed by atoms with Crippen LogP contribution in [-0.4, -0.2) is 29.9 Å². The Morgan fingerprint density at radius 2 is 1.95 bits per heavy atom. The van der Waals surface area contributed by atoms with Crippen LogP contribution >= 0.6 is 0 Å². The van der Waals surface area contributed by atoms with Crippen molar-refractivity contribution in [3.05, 3.63) is 29.8 Å². The van der Waals surface area contributed by atoms with Crippen molar-refractivity contribution in [2.24, 2.45) is 5.92 Å². The van der Waals surface area contributed by atoms with Crippen molar-refractivity contribution in [3.63, 3.8) is 0 Å². The first-order chi connectivity index (χ1) is 9.48. The summed E-state index contributed by atoms with van der Waals surface area (Å²) in [5.74, 6) is -1.55. The molecule has 112 valence electrons. The Labute approximate surface area is 117 Å². The van der Waals surface area contributed by atoms with Crippen LogP contribution in [0, 0.1) is 17.6 Å². The van der Waals surface area contributed by atoms with E-state index in [2.05, 4.69) is 5.32 Å². The van der Waals surface area contributed by atoms with Gasteiger partial charge in [0.1, 0.15) is 6.61 Å². The van der Waals surface area contributed by atoms with Crippen LogP contribution in [0.5, 0.6) is 5.75 Å². The van der Waals surface area contributed by atoms with E-state index in [1.54, 1.807) is 0 Å². The second-order valence-electron chi connectivity index (χ2n) is 5.73. The predicted octanol–water partition coefficient (Wildman–Crippen LogP) is 2.48. The van der Waals surface area contributed by atoms with Crippen LogP contribution in [0.15, 0.2) is 18.2 Å². The van der Waals surface area contributed by atoms with Crippen LogP contribution in [0.3, 0.4) is 0 Å². The van der Waals surface area contributed by atoms with Gasteiger partial charge < -0.3 is 15.2 Å². The fraction of sp³-hybridized carbons (Fsp3) is 0.600. The van der Waals surface area contributed by atoms with Crippen LogP contribution in [0.25, 0.3) is 0 Å². The maximum absolute atomic E-state index is 13.6. The van der Waals surface area contributed by atoms with Crippen LogP contribution in [0.2, 0.25) is 0 Å². The standard InChI is InChI=1S/C15H21F2NO2/c1-10(2)18-15(8-19,11-6-7-11)9-20-14-12(16)4-3-5-13(14)17/h3-5,10-11,18-19H,6-9H2,1-2H3. The fourth-order valence-corrected chi connectivity index (χ4v) is 2.53. The van der Waals surface area contributed by atoms with E-state index in [-0.39, 0.29) is 30.9 Å². The quantitative estimate of drug-likeness (QED) is 0.808. The van der Waals surface area contributed by atoms with E-state index in [0.717, 1.165) is 25.0 Å². The van der Waals surface area contributed by atoms with Gasteiger partial charge in [-0.2, -0.15) is 0 Å². The van der Waals surface area contributed by atoms with Crippen molar-refractivity contribution in [2.75, 3.05) is 13.2 Å². The first kappa shape index (κ1) is 15.2. The second-order valence-corrected chi connectivity index (χ2v) is 5.73. The molecule has 3 nitrogen and oxygen atoms in total. The van der Waals surface area contributed by atoms with Gasteiger partial charge in [0.05, 0.1) is 12.1 Å². The van der Waals surface area contributed by atoms with Crippen LogP contribution in [-0.2, 0) is 0 Å². The van der Waals surface area contributed by atoms with Crippen LogP contribution in [0.1, 0.15) is 26.7 Å². The zero-order chi connectivity index (χ0) is 14.8. The number of para-hydroxylation sites is 1. The molecule has 0 heterocycles. The molecule has 1 atom stereocenters. The van der Waals surface area contributed by atoms with Gasteiger partial charge in [-0.15, -0.1) is 0 Å². The fourth-order valence-electron chi connectivity index (χ4n) is 2.53. The first-order valence-corrected chi connectivity index (χ1v) is 6.94. The van der Waals surface area contributed by atoms with E-state index >= 15 is 0 Å². The molecule has 0 amide bonds. The van der Waals surface area contributed by atoms with Crippen molar-refractivity contribution in [3.8, 4) is 5.75 Å². The molecule has 0 spiro atoms. The van der Waals surface area contributed by atoms with E-state index in [1.807, 2.05) is 13.8 Å². The van der Waals surface area contributed by atoms with Gasteiger partial charge in [-0.3, -0.25) is 0 Å². The van der Waals surface area contributed by atoms with Gasteiger partial charge in [0, 0.05) is 6.04 Å². The van der Waals surface area contributed by atoms with E-state index < -0.39 is 17.2 Å². The number of hydrogen-bond donors (Lipinski definition) is 2. The molecule has 2 rings (SSSR count). The second kappa shape index (κ2) is 6.06. The zero-order valence-electron chi connectivity index (χ0n) is 11.8. The summed E-state index contributed by atoms with van der Waals surface area (Å²) in [6.45, 7) is 3.86. The SMILES string of the molecule is CC(C)NC(CO)(COc1c(F)cccc1F)C1CC1. The lowest BCUT2D eigenvalue weighted by Crippen LogP contribution is -2.57. The highest BCUT2D eigenvalue weighted by Crippen LogP contribution is 2.40. The average Bonchev–Trinajstić information content (AvgIpc) is 3.20. The monoisotopic (exact) mass is 285 g/mol. The molecular formula is C15H21F2NO2. The molecule has 1 saturated carbocycles. The third-order valence-corrected chi connectivity index (χ3v) is 3.61. The molecule has 0 radical (unpaired) electrons. The van der Waals surface area contributed by atoms with Gasteiger partial charge in [0.2, 0.25) is 0 Å². The zero-order valence-corrected chi connectivity index (χ0v) is 11.8. The minimum atomic E-state index is -0.725. The summed E-state index contributed by atoms with van der Waals surface area (Å²) >= 11 is 0. The predicted molar refractivity (Wildman–Crippen MR) is 72.7 cm³/mol. The number of aliphatic hydroxyl groups excluding tert-OH is 1. The Morgan fingerprint density at radius 1 is 1.35 bits per heavy atom. The maximum Gasteiger partial charge on any atom is 0.190 e. The highest BCUT2D eigenvalue weighted by Gasteiger charge is 2.46. The Balaban J connectivity index is 2.12. The molecule has 2 N–H and O–H groups in total. The smallest absolute Gasteiger partial charge is 0.190 e. The molecule has 1 aliphatic rings. The highest BCUT2D eigenvalue weighted by atomic mass is 19.1. The molecule has 1 aromatic rings. The van der Waals surface area contributed by atoms with E-state index in [1.165, 1.54) is 6.07 Å². The lowest BCUT2D eigenvalue weighted by molar-refractivity contribution is 0.0742. The molecule has 1 fully saturated rings. The van der Waals surface area contributed by atoms with Gasteiger partial charge >= 0.3 is 0 Å². The molecule has 20 heavy (non-hydrogen) atoms. The number of nitrogens with one attached hydrogen (secondary N) is 1. The number of hydrogen-bond acceptors (Lipinski definition) is 3. The number of rotatable bonds is 7. The molecule has 0 bridgehead atoms. The van der Waals surface area contributed by atoms with Crippen molar-refractivity contribution in [2.45, 2.75) is 38.3 Å². The van der Waals surface area contributed by atoms with Crippen molar-refractivity contribution < 1.29 is 18.6 Å². The Kier molecular flexibility index (Phi) is 4.60. The molecule has 5 heteroatoms. The van der Waals surface area contributed by atoms with Gasteiger partial charge in [0.15, 0.2) is 17.4 Å². The third-order valence-electron chi connectivity index (χ3n) is 3.61. The van der Waals surface area contributed by atoms with Crippen molar-refractivity contribution in [1.29, 1.82) is 0 Å². The van der Waals surface area contributed by atoms with E-state index in [9.17, 15) is 13.9 Å². The maximum atomic E-state index is 13.6. The largest absolute Gasteiger partial charge is 0.486 e. The molecular weight excluding hydrogens is 264 g/mol.